The van der Waals surface area contributed by atoms with Crippen LogP contribution >= 0.6 is 31.9 Å². The predicted octanol–water partition coefficient (Wildman–Crippen LogP) is 3.67. The lowest BCUT2D eigenvalue weighted by Crippen LogP contribution is -1.68. The van der Waals surface area contributed by atoms with Gasteiger partial charge in [0, 0.05) is 11.6 Å². The van der Waals surface area contributed by atoms with Crippen LogP contribution in [0, 0.1) is 11.8 Å². The first-order valence-electron chi connectivity index (χ1n) is 3.37. The topological polar surface area (TPSA) is 0 Å². The fourth-order valence-corrected chi connectivity index (χ4v) is 0.924. The Morgan fingerprint density at radius 1 is 1.17 bits per heavy atom. The third kappa shape index (κ3) is 3.75. The molecule has 0 unspecified atom stereocenters. The third-order valence-electron chi connectivity index (χ3n) is 1.17. The van der Waals surface area contributed by atoms with Crippen LogP contribution in [0.4, 0.5) is 0 Å². The molecular weight excluding hydrogens is 280 g/mol. The van der Waals surface area contributed by atoms with E-state index in [-0.39, 0.29) is 0 Å². The van der Waals surface area contributed by atoms with E-state index >= 15 is 0 Å². The average molecular weight is 286 g/mol. The van der Waals surface area contributed by atoms with Gasteiger partial charge in [-0.2, -0.15) is 0 Å². The van der Waals surface area contributed by atoms with Crippen LogP contribution in [0.5, 0.6) is 0 Å². The molecule has 0 aromatic heterocycles. The summed E-state index contributed by atoms with van der Waals surface area (Å²) in [5.41, 5.74) is 1.02. The maximum absolute atomic E-state index is 3.22. The zero-order valence-electron chi connectivity index (χ0n) is 6.22. The van der Waals surface area contributed by atoms with Crippen molar-refractivity contribution in [3.63, 3.8) is 0 Å². The zero-order valence-corrected chi connectivity index (χ0v) is 9.39. The highest BCUT2D eigenvalue weighted by atomic mass is 79.9. The molecule has 0 nitrogen and oxygen atoms in total. The maximum Gasteiger partial charge on any atom is 0.0687 e. The van der Waals surface area contributed by atoms with E-state index in [2.05, 4.69) is 43.7 Å². The highest BCUT2D eigenvalue weighted by Crippen LogP contribution is 2.11. The normalized spacial score (nSPS) is 8.17. The van der Waals surface area contributed by atoms with E-state index in [4.69, 9.17) is 0 Å². The second kappa shape index (κ2) is 5.18. The summed E-state index contributed by atoms with van der Waals surface area (Å²) in [7, 11) is 0. The summed E-state index contributed by atoms with van der Waals surface area (Å²) >= 11 is 6.45. The number of rotatable bonds is 0. The Kier molecular flexibility index (Phi) is 4.13. The van der Waals surface area contributed by atoms with E-state index in [9.17, 15) is 0 Å². The third-order valence-corrected chi connectivity index (χ3v) is 1.63. The Balaban J connectivity index is 2.74. The summed E-state index contributed by atoms with van der Waals surface area (Å²) in [6.45, 7) is 0. The van der Waals surface area contributed by atoms with Gasteiger partial charge in [0.05, 0.1) is 3.39 Å². The molecule has 0 fully saturated rings. The standard InChI is InChI=1S/C10H6Br2/c11-10(12)8-4-7-9-5-2-1-3-6-9/h1-3,5-6,8H. The maximum atomic E-state index is 3.22. The number of benzene rings is 1. The zero-order chi connectivity index (χ0) is 8.81. The fourth-order valence-electron chi connectivity index (χ4n) is 0.695. The quantitative estimate of drug-likeness (QED) is 0.638. The minimum absolute atomic E-state index is 0.860. The summed E-state index contributed by atoms with van der Waals surface area (Å²) in [4.78, 5) is 0. The van der Waals surface area contributed by atoms with E-state index in [1.165, 1.54) is 0 Å². The molecule has 0 aliphatic heterocycles. The summed E-state index contributed by atoms with van der Waals surface area (Å²) in [6.07, 6.45) is 1.76. The molecule has 0 saturated carbocycles. The van der Waals surface area contributed by atoms with Gasteiger partial charge < -0.3 is 0 Å². The van der Waals surface area contributed by atoms with Crippen LogP contribution in [-0.4, -0.2) is 0 Å². The lowest BCUT2D eigenvalue weighted by Gasteiger charge is -1.84. The number of hydrogen-bond acceptors (Lipinski definition) is 0. The van der Waals surface area contributed by atoms with Crippen LogP contribution in [0.3, 0.4) is 0 Å². The molecule has 0 radical (unpaired) electrons. The Morgan fingerprint density at radius 3 is 2.42 bits per heavy atom. The van der Waals surface area contributed by atoms with Gasteiger partial charge in [0.15, 0.2) is 0 Å². The number of hydrogen-bond donors (Lipinski definition) is 0. The van der Waals surface area contributed by atoms with Crippen molar-refractivity contribution >= 4 is 31.9 Å². The van der Waals surface area contributed by atoms with E-state index in [0.717, 1.165) is 8.96 Å². The van der Waals surface area contributed by atoms with Crippen LogP contribution < -0.4 is 0 Å². The molecule has 0 saturated heterocycles. The van der Waals surface area contributed by atoms with Crippen molar-refractivity contribution in [2.24, 2.45) is 0 Å². The van der Waals surface area contributed by atoms with Gasteiger partial charge in [-0.25, -0.2) is 0 Å². The van der Waals surface area contributed by atoms with Crippen LogP contribution in [0.25, 0.3) is 0 Å². The van der Waals surface area contributed by atoms with Crippen LogP contribution in [0.1, 0.15) is 5.56 Å². The van der Waals surface area contributed by atoms with E-state index in [1.54, 1.807) is 6.08 Å². The van der Waals surface area contributed by atoms with Crippen molar-refractivity contribution in [2.75, 3.05) is 0 Å². The Labute approximate surface area is 88.9 Å². The van der Waals surface area contributed by atoms with Gasteiger partial charge in [0.25, 0.3) is 0 Å². The number of halogens is 2. The molecule has 0 aliphatic carbocycles. The summed E-state index contributed by atoms with van der Waals surface area (Å²) in [5.74, 6) is 5.88. The van der Waals surface area contributed by atoms with Crippen molar-refractivity contribution in [1.29, 1.82) is 0 Å². The van der Waals surface area contributed by atoms with Gasteiger partial charge in [-0.3, -0.25) is 0 Å². The van der Waals surface area contributed by atoms with Gasteiger partial charge >= 0.3 is 0 Å². The van der Waals surface area contributed by atoms with Crippen LogP contribution in [0.2, 0.25) is 0 Å². The summed E-state index contributed by atoms with van der Waals surface area (Å²) in [5, 5.41) is 0. The highest BCUT2D eigenvalue weighted by molar-refractivity contribution is 9.28. The smallest absolute Gasteiger partial charge is 0.0679 e. The SMILES string of the molecule is BrC(Br)=CC#Cc1ccccc1. The minimum Gasteiger partial charge on any atom is -0.0679 e. The van der Waals surface area contributed by atoms with Crippen molar-refractivity contribution in [3.05, 3.63) is 45.4 Å². The molecule has 1 rings (SSSR count). The van der Waals surface area contributed by atoms with Gasteiger partial charge in [-0.15, -0.1) is 0 Å². The van der Waals surface area contributed by atoms with E-state index < -0.39 is 0 Å². The molecule has 1 aromatic rings. The Bertz CT molecular complexity index is 324. The second-order valence-electron chi connectivity index (χ2n) is 2.07. The minimum atomic E-state index is 0.860. The monoisotopic (exact) mass is 284 g/mol. The number of allylic oxidation sites excluding steroid dienone is 1. The summed E-state index contributed by atoms with van der Waals surface area (Å²) < 4.78 is 0.860. The van der Waals surface area contributed by atoms with Crippen molar-refractivity contribution in [2.45, 2.75) is 0 Å². The molecular formula is C10H6Br2. The van der Waals surface area contributed by atoms with Gasteiger partial charge in [-0.1, -0.05) is 30.0 Å². The Hall–Kier alpha value is -0.520. The molecule has 2 heteroatoms. The molecule has 0 atom stereocenters. The van der Waals surface area contributed by atoms with Gasteiger partial charge in [0.2, 0.25) is 0 Å². The van der Waals surface area contributed by atoms with Crippen molar-refractivity contribution in [1.82, 2.24) is 0 Å². The molecule has 0 amide bonds. The predicted molar refractivity (Wildman–Crippen MR) is 59.3 cm³/mol. The van der Waals surface area contributed by atoms with E-state index in [1.807, 2.05) is 30.3 Å². The highest BCUT2D eigenvalue weighted by Gasteiger charge is 1.80. The van der Waals surface area contributed by atoms with Crippen LogP contribution in [0.15, 0.2) is 39.8 Å². The van der Waals surface area contributed by atoms with Gasteiger partial charge in [0.1, 0.15) is 0 Å². The molecule has 0 aliphatic rings. The largest absolute Gasteiger partial charge is 0.0687 e. The first kappa shape index (κ1) is 9.57. The average Bonchev–Trinajstić information content (AvgIpc) is 2.05. The van der Waals surface area contributed by atoms with Crippen molar-refractivity contribution in [3.8, 4) is 11.8 Å². The molecule has 12 heavy (non-hydrogen) atoms. The lowest BCUT2D eigenvalue weighted by atomic mass is 10.2. The van der Waals surface area contributed by atoms with E-state index in [0.29, 0.717) is 0 Å². The Morgan fingerprint density at radius 2 is 1.83 bits per heavy atom. The van der Waals surface area contributed by atoms with Crippen molar-refractivity contribution < 1.29 is 0 Å². The fraction of sp³-hybridized carbons (Fsp3) is 0. The summed E-state index contributed by atoms with van der Waals surface area (Å²) in [6, 6.07) is 9.86. The van der Waals surface area contributed by atoms with Gasteiger partial charge in [-0.05, 0) is 44.0 Å². The molecule has 60 valence electrons. The lowest BCUT2D eigenvalue weighted by molar-refractivity contribution is 1.65. The second-order valence-corrected chi connectivity index (χ2v) is 4.84. The molecule has 1 aromatic carbocycles. The molecule has 0 N–H and O–H groups in total. The first-order chi connectivity index (χ1) is 5.79. The van der Waals surface area contributed by atoms with Crippen LogP contribution in [-0.2, 0) is 0 Å². The molecule has 0 heterocycles. The first-order valence-corrected chi connectivity index (χ1v) is 4.95. The molecule has 0 bridgehead atoms. The molecule has 0 spiro atoms.